The molecule has 0 saturated carbocycles. The van der Waals surface area contributed by atoms with E-state index in [4.69, 9.17) is 9.84 Å². The first-order valence-electron chi connectivity index (χ1n) is 8.11. The number of aliphatic carboxylic acids is 1. The van der Waals surface area contributed by atoms with Gasteiger partial charge in [0.05, 0.1) is 17.7 Å². The van der Waals surface area contributed by atoms with Gasteiger partial charge in [0.2, 0.25) is 0 Å². The lowest BCUT2D eigenvalue weighted by molar-refractivity contribution is -0.136. The number of amidine groups is 1. The number of thioether (sulfide) groups is 1. The van der Waals surface area contributed by atoms with E-state index in [1.54, 1.807) is 42.5 Å². The molecule has 2 aromatic carbocycles. The molecule has 0 aromatic heterocycles. The molecule has 1 unspecified atom stereocenters. The normalized spacial score (nSPS) is 17.4. The molecule has 10 heteroatoms. The maximum atomic E-state index is 12.3. The second kappa shape index (κ2) is 9.02. The minimum absolute atomic E-state index is 0.0691. The van der Waals surface area contributed by atoms with Gasteiger partial charge < -0.3 is 20.3 Å². The van der Waals surface area contributed by atoms with Gasteiger partial charge in [-0.05, 0) is 47.7 Å². The van der Waals surface area contributed by atoms with Gasteiger partial charge in [0, 0.05) is 10.0 Å². The van der Waals surface area contributed by atoms with Crippen LogP contribution in [0.1, 0.15) is 16.0 Å². The third kappa shape index (κ3) is 5.01. The van der Waals surface area contributed by atoms with Crippen LogP contribution in [0, 0.1) is 0 Å². The number of aromatic hydroxyl groups is 1. The predicted molar refractivity (Wildman–Crippen MR) is 119 cm³/mol. The van der Waals surface area contributed by atoms with Crippen LogP contribution in [0.25, 0.3) is 6.08 Å². The Morgan fingerprint density at radius 1 is 1.31 bits per heavy atom. The fraction of sp³-hybridized carbons (Fsp3) is 0.105. The van der Waals surface area contributed by atoms with Crippen molar-refractivity contribution in [3.8, 4) is 11.5 Å². The van der Waals surface area contributed by atoms with Gasteiger partial charge in [-0.15, -0.1) is 0 Å². The molecule has 1 amide bonds. The van der Waals surface area contributed by atoms with Gasteiger partial charge in [0.25, 0.3) is 5.91 Å². The molecule has 0 bridgehead atoms. The zero-order valence-corrected chi connectivity index (χ0v) is 18.8. The molecular weight excluding hydrogens is 528 g/mol. The summed E-state index contributed by atoms with van der Waals surface area (Å²) < 4.78 is 5.82. The van der Waals surface area contributed by atoms with E-state index < -0.39 is 10.8 Å². The largest absolute Gasteiger partial charge is 0.504 e. The second-order valence-corrected chi connectivity index (χ2v) is 8.68. The first-order valence-corrected chi connectivity index (χ1v) is 10.6. The molecule has 1 saturated heterocycles. The van der Waals surface area contributed by atoms with Crippen LogP contribution in [0.15, 0.2) is 50.8 Å². The van der Waals surface area contributed by atoms with E-state index in [2.05, 4.69) is 42.2 Å². The molecule has 1 aliphatic rings. The summed E-state index contributed by atoms with van der Waals surface area (Å²) in [6.45, 7) is 0. The van der Waals surface area contributed by atoms with E-state index in [9.17, 15) is 14.7 Å². The minimum Gasteiger partial charge on any atom is -0.504 e. The van der Waals surface area contributed by atoms with Crippen molar-refractivity contribution >= 4 is 72.4 Å². The van der Waals surface area contributed by atoms with Crippen LogP contribution in [-0.2, 0) is 9.59 Å². The second-order valence-electron chi connectivity index (χ2n) is 5.82. The molecule has 1 atom stereocenters. The van der Waals surface area contributed by atoms with Crippen molar-refractivity contribution in [2.45, 2.75) is 4.83 Å². The number of hydrogen-bond donors (Lipinski definition) is 3. The monoisotopic (exact) mass is 540 g/mol. The number of carbonyl (C=O) groups excluding carboxylic acids is 1. The number of hydrogen-bond acceptors (Lipinski definition) is 6. The summed E-state index contributed by atoms with van der Waals surface area (Å²) in [5.41, 5.74) is 1.58. The summed E-state index contributed by atoms with van der Waals surface area (Å²) in [4.78, 5) is 27.2. The number of amides is 1. The van der Waals surface area contributed by atoms with Crippen LogP contribution in [0.4, 0.5) is 5.69 Å². The Morgan fingerprint density at radius 3 is 2.62 bits per heavy atom. The average Bonchev–Trinajstić information content (AvgIpc) is 3.03. The summed E-state index contributed by atoms with van der Waals surface area (Å²) in [5.74, 6) is -1.10. The number of carbonyl (C=O) groups is 2. The average molecular weight is 542 g/mol. The molecule has 1 fully saturated rings. The Kier molecular flexibility index (Phi) is 6.66. The van der Waals surface area contributed by atoms with E-state index in [1.807, 2.05) is 0 Å². The van der Waals surface area contributed by atoms with Crippen LogP contribution >= 0.6 is 43.6 Å². The van der Waals surface area contributed by atoms with E-state index in [1.165, 1.54) is 7.11 Å². The molecule has 3 N–H and O–H groups in total. The zero-order valence-electron chi connectivity index (χ0n) is 14.8. The first-order chi connectivity index (χ1) is 13.8. The Hall–Kier alpha value is -2.30. The number of phenolic OH excluding ortho intramolecular Hbond substituents is 1. The quantitative estimate of drug-likeness (QED) is 0.378. The predicted octanol–water partition coefficient (Wildman–Crippen LogP) is 4.58. The highest BCUT2D eigenvalue weighted by molar-refractivity contribution is 9.10. The molecule has 150 valence electrons. The lowest BCUT2D eigenvalue weighted by atomic mass is 10.1. The maximum Gasteiger partial charge on any atom is 0.321 e. The summed E-state index contributed by atoms with van der Waals surface area (Å²) in [6, 6.07) is 9.93. The lowest BCUT2D eigenvalue weighted by Gasteiger charge is -2.07. The fourth-order valence-electron chi connectivity index (χ4n) is 2.46. The van der Waals surface area contributed by atoms with Crippen LogP contribution in [0.2, 0.25) is 0 Å². The molecule has 0 spiro atoms. The standard InChI is InChI=1S/C19H14Br2N2O5S/c1-28-13-8-11(20)6-10(16(13)24)7-14-17(25)23-19(29-14)22-12-4-2-9(3-5-12)15(21)18(26)27/h2-8,15,24H,1H3,(H,26,27)(H,22,23,25). The summed E-state index contributed by atoms with van der Waals surface area (Å²) in [6.07, 6.45) is 1.55. The fourth-order valence-corrected chi connectivity index (χ4v) is 4.05. The third-order valence-electron chi connectivity index (χ3n) is 3.86. The highest BCUT2D eigenvalue weighted by atomic mass is 79.9. The number of alkyl halides is 1. The number of rotatable bonds is 5. The summed E-state index contributed by atoms with van der Waals surface area (Å²) >= 11 is 7.57. The number of nitrogens with zero attached hydrogens (tertiary/aromatic N) is 1. The number of ether oxygens (including phenoxy) is 1. The van der Waals surface area contributed by atoms with Gasteiger partial charge in [-0.3, -0.25) is 9.59 Å². The Morgan fingerprint density at radius 2 is 2.00 bits per heavy atom. The molecular formula is C19H14Br2N2O5S. The van der Waals surface area contributed by atoms with Crippen LogP contribution in [0.5, 0.6) is 11.5 Å². The zero-order chi connectivity index (χ0) is 21.1. The van der Waals surface area contributed by atoms with Crippen LogP contribution < -0.4 is 10.1 Å². The number of nitrogens with one attached hydrogen (secondary N) is 1. The number of methoxy groups -OCH3 is 1. The number of carboxylic acids is 1. The van der Waals surface area contributed by atoms with Crippen molar-refractivity contribution < 1.29 is 24.5 Å². The Balaban J connectivity index is 1.83. The number of phenols is 1. The topological polar surface area (TPSA) is 108 Å². The Labute approximate surface area is 187 Å². The molecule has 1 aliphatic heterocycles. The van der Waals surface area contributed by atoms with Crippen LogP contribution in [0.3, 0.4) is 0 Å². The maximum absolute atomic E-state index is 12.3. The molecule has 29 heavy (non-hydrogen) atoms. The SMILES string of the molecule is COc1cc(Br)cc(C=C2SC(=Nc3ccc(C(Br)C(=O)O)cc3)NC2=O)c1O. The number of carboxylic acid groups (broad SMARTS) is 1. The van der Waals surface area contributed by atoms with E-state index >= 15 is 0 Å². The van der Waals surface area contributed by atoms with Crippen molar-refractivity contribution in [2.75, 3.05) is 7.11 Å². The smallest absolute Gasteiger partial charge is 0.321 e. The van der Waals surface area contributed by atoms with Crippen molar-refractivity contribution in [1.82, 2.24) is 5.32 Å². The van der Waals surface area contributed by atoms with Gasteiger partial charge in [-0.1, -0.05) is 44.0 Å². The first kappa shape index (κ1) is 21.4. The lowest BCUT2D eigenvalue weighted by Crippen LogP contribution is -2.19. The molecule has 3 rings (SSSR count). The highest BCUT2D eigenvalue weighted by Gasteiger charge is 2.25. The van der Waals surface area contributed by atoms with Gasteiger partial charge >= 0.3 is 5.97 Å². The third-order valence-corrected chi connectivity index (χ3v) is 6.15. The highest BCUT2D eigenvalue weighted by Crippen LogP contribution is 2.37. The molecule has 2 aromatic rings. The molecule has 7 nitrogen and oxygen atoms in total. The summed E-state index contributed by atoms with van der Waals surface area (Å²) in [7, 11) is 1.44. The van der Waals surface area contributed by atoms with Gasteiger partial charge in [0.15, 0.2) is 16.7 Å². The van der Waals surface area contributed by atoms with E-state index in [-0.39, 0.29) is 17.4 Å². The van der Waals surface area contributed by atoms with Gasteiger partial charge in [0.1, 0.15) is 4.83 Å². The molecule has 0 aliphatic carbocycles. The van der Waals surface area contributed by atoms with Gasteiger partial charge in [-0.25, -0.2) is 4.99 Å². The van der Waals surface area contributed by atoms with Crippen molar-refractivity contribution in [2.24, 2.45) is 4.99 Å². The minimum atomic E-state index is -0.982. The van der Waals surface area contributed by atoms with E-state index in [0.717, 1.165) is 11.8 Å². The summed E-state index contributed by atoms with van der Waals surface area (Å²) in [5, 5.41) is 22.3. The molecule has 0 radical (unpaired) electrons. The van der Waals surface area contributed by atoms with Gasteiger partial charge in [-0.2, -0.15) is 0 Å². The Bertz CT molecular complexity index is 1040. The van der Waals surface area contributed by atoms with E-state index in [0.29, 0.717) is 31.4 Å². The van der Waals surface area contributed by atoms with Crippen molar-refractivity contribution in [1.29, 1.82) is 0 Å². The van der Waals surface area contributed by atoms with Crippen LogP contribution in [-0.4, -0.2) is 34.4 Å². The number of halogens is 2. The number of benzene rings is 2. The van der Waals surface area contributed by atoms with Crippen molar-refractivity contribution in [3.63, 3.8) is 0 Å². The van der Waals surface area contributed by atoms with Crippen molar-refractivity contribution in [3.05, 3.63) is 56.9 Å². The number of aliphatic imine (C=N–C) groups is 1. The molecule has 1 heterocycles.